The van der Waals surface area contributed by atoms with E-state index in [0.29, 0.717) is 29.1 Å². The smallest absolute Gasteiger partial charge is 0.338 e. The predicted molar refractivity (Wildman–Crippen MR) is 144 cm³/mol. The summed E-state index contributed by atoms with van der Waals surface area (Å²) in [6.45, 7) is 2.89. The molecule has 9 heteroatoms. The molecule has 0 amide bonds. The first kappa shape index (κ1) is 29.0. The third-order valence-corrected chi connectivity index (χ3v) is 5.98. The molecule has 6 nitrogen and oxygen atoms in total. The zero-order valence-corrected chi connectivity index (χ0v) is 21.7. The van der Waals surface area contributed by atoms with Gasteiger partial charge in [0, 0.05) is 30.8 Å². The lowest BCUT2D eigenvalue weighted by Crippen LogP contribution is -2.46. The molecule has 0 radical (unpaired) electrons. The van der Waals surface area contributed by atoms with Gasteiger partial charge >= 0.3 is 5.97 Å². The van der Waals surface area contributed by atoms with E-state index in [2.05, 4.69) is 29.4 Å². The minimum Gasteiger partial charge on any atom is -0.456 e. The normalized spacial score (nSPS) is 12.4. The molecule has 200 valence electrons. The molecule has 0 saturated heterocycles. The van der Waals surface area contributed by atoms with Gasteiger partial charge in [-0.15, -0.1) is 12.4 Å². The van der Waals surface area contributed by atoms with Crippen LogP contribution in [0.25, 0.3) is 11.5 Å². The lowest BCUT2D eigenvalue weighted by Gasteiger charge is -2.25. The zero-order chi connectivity index (χ0) is 26.2. The van der Waals surface area contributed by atoms with Gasteiger partial charge in [0.15, 0.2) is 0 Å². The van der Waals surface area contributed by atoms with Crippen molar-refractivity contribution in [3.05, 3.63) is 113 Å². The third kappa shape index (κ3) is 7.95. The number of benzene rings is 3. The van der Waals surface area contributed by atoms with Gasteiger partial charge in [-0.2, -0.15) is 0 Å². The van der Waals surface area contributed by atoms with Crippen molar-refractivity contribution in [2.75, 3.05) is 6.54 Å². The second kappa shape index (κ2) is 13.8. The first-order valence-corrected chi connectivity index (χ1v) is 12.1. The molecule has 2 atom stereocenters. The molecule has 3 aromatic carbocycles. The fourth-order valence-corrected chi connectivity index (χ4v) is 4.08. The minimum absolute atomic E-state index is 0. The summed E-state index contributed by atoms with van der Waals surface area (Å²) in [6.07, 6.45) is 3.25. The number of carbonyl (C=O) groups is 1. The molecule has 4 rings (SSSR count). The standard InChI is InChI=1S/C29H29F2N3O3.ClH/c1-2-19-5-3-6-20(11-19)17-33-18-27(26(32)14-21-12-24(30)16-25(31)13-21)37-29(35)23-8-4-7-22(15-23)28-34-9-10-36-28;/h3-13,15-16,26-27,33H,2,14,17-18,32H2,1H3;1H. The van der Waals surface area contributed by atoms with Crippen molar-refractivity contribution in [1.82, 2.24) is 10.3 Å². The SMILES string of the molecule is CCc1cccc(CNCC(OC(=O)c2cccc(-c3ncco3)c2)C(N)Cc2cc(F)cc(F)c2)c1.Cl. The van der Waals surface area contributed by atoms with E-state index < -0.39 is 29.7 Å². The highest BCUT2D eigenvalue weighted by Crippen LogP contribution is 2.20. The molecule has 2 unspecified atom stereocenters. The zero-order valence-electron chi connectivity index (χ0n) is 20.9. The summed E-state index contributed by atoms with van der Waals surface area (Å²) in [5.74, 6) is -1.57. The number of carbonyl (C=O) groups excluding carboxylic acids is 1. The number of ether oxygens (including phenoxy) is 1. The Balaban J connectivity index is 0.00000400. The molecule has 1 aromatic heterocycles. The molecule has 0 bridgehead atoms. The van der Waals surface area contributed by atoms with Crippen LogP contribution in [0.15, 0.2) is 83.6 Å². The van der Waals surface area contributed by atoms with E-state index in [1.54, 1.807) is 24.3 Å². The number of aryl methyl sites for hydroxylation is 1. The molecule has 3 N–H and O–H groups in total. The second-order valence-corrected chi connectivity index (χ2v) is 8.81. The van der Waals surface area contributed by atoms with Gasteiger partial charge in [-0.05, 0) is 59.9 Å². The number of hydrogen-bond donors (Lipinski definition) is 2. The predicted octanol–water partition coefficient (Wildman–Crippen LogP) is 5.49. The number of rotatable bonds is 11. The summed E-state index contributed by atoms with van der Waals surface area (Å²) in [5, 5.41) is 3.30. The second-order valence-electron chi connectivity index (χ2n) is 8.81. The molecule has 0 fully saturated rings. The van der Waals surface area contributed by atoms with Crippen LogP contribution in [0.2, 0.25) is 0 Å². The van der Waals surface area contributed by atoms with Gasteiger partial charge in [0.2, 0.25) is 5.89 Å². The van der Waals surface area contributed by atoms with Gasteiger partial charge < -0.3 is 20.2 Å². The monoisotopic (exact) mass is 541 g/mol. The Kier molecular flexibility index (Phi) is 10.5. The van der Waals surface area contributed by atoms with Gasteiger partial charge in [0.25, 0.3) is 0 Å². The number of esters is 1. The van der Waals surface area contributed by atoms with E-state index in [1.165, 1.54) is 30.2 Å². The maximum Gasteiger partial charge on any atom is 0.338 e. The largest absolute Gasteiger partial charge is 0.456 e. The Hall–Kier alpha value is -3.59. The molecule has 0 saturated carbocycles. The average Bonchev–Trinajstić information content (AvgIpc) is 3.43. The number of halogens is 3. The van der Waals surface area contributed by atoms with Crippen molar-refractivity contribution in [1.29, 1.82) is 0 Å². The Labute approximate surface area is 226 Å². The Morgan fingerprint density at radius 2 is 1.76 bits per heavy atom. The van der Waals surface area contributed by atoms with Crippen LogP contribution in [0.1, 0.15) is 34.0 Å². The molecular formula is C29H30ClF2N3O3. The van der Waals surface area contributed by atoms with E-state index in [-0.39, 0.29) is 25.4 Å². The van der Waals surface area contributed by atoms with E-state index in [0.717, 1.165) is 18.1 Å². The number of hydrogen-bond acceptors (Lipinski definition) is 6. The first-order chi connectivity index (χ1) is 17.9. The molecule has 0 aliphatic heterocycles. The molecule has 0 aliphatic carbocycles. The maximum atomic E-state index is 13.7. The summed E-state index contributed by atoms with van der Waals surface area (Å²) in [4.78, 5) is 17.2. The number of nitrogens with zero attached hydrogens (tertiary/aromatic N) is 1. The van der Waals surface area contributed by atoms with Crippen LogP contribution >= 0.6 is 12.4 Å². The summed E-state index contributed by atoms with van der Waals surface area (Å²) < 4.78 is 38.6. The van der Waals surface area contributed by atoms with Crippen LogP contribution in [-0.2, 0) is 24.1 Å². The van der Waals surface area contributed by atoms with Gasteiger partial charge in [-0.25, -0.2) is 18.6 Å². The van der Waals surface area contributed by atoms with Crippen molar-refractivity contribution in [2.45, 2.75) is 38.5 Å². The molecule has 4 aromatic rings. The topological polar surface area (TPSA) is 90.4 Å². The highest BCUT2D eigenvalue weighted by molar-refractivity contribution is 5.90. The lowest BCUT2D eigenvalue weighted by atomic mass is 10.0. The van der Waals surface area contributed by atoms with Crippen LogP contribution in [0.4, 0.5) is 8.78 Å². The van der Waals surface area contributed by atoms with E-state index >= 15 is 0 Å². The van der Waals surface area contributed by atoms with Crippen molar-refractivity contribution < 1.29 is 22.7 Å². The highest BCUT2D eigenvalue weighted by Gasteiger charge is 2.24. The number of nitrogens with two attached hydrogens (primary N) is 1. The van der Waals surface area contributed by atoms with E-state index in [4.69, 9.17) is 14.9 Å². The van der Waals surface area contributed by atoms with Crippen LogP contribution < -0.4 is 11.1 Å². The molecular weight excluding hydrogens is 512 g/mol. The summed E-state index contributed by atoms with van der Waals surface area (Å²) >= 11 is 0. The van der Waals surface area contributed by atoms with Crippen LogP contribution in [-0.4, -0.2) is 29.6 Å². The van der Waals surface area contributed by atoms with Crippen molar-refractivity contribution in [2.24, 2.45) is 5.73 Å². The number of aromatic nitrogens is 1. The molecule has 0 spiro atoms. The van der Waals surface area contributed by atoms with Crippen molar-refractivity contribution >= 4 is 18.4 Å². The summed E-state index contributed by atoms with van der Waals surface area (Å²) in [6, 6.07) is 17.5. The van der Waals surface area contributed by atoms with E-state index in [1.807, 2.05) is 12.1 Å². The average molecular weight is 542 g/mol. The van der Waals surface area contributed by atoms with Gasteiger partial charge in [0.1, 0.15) is 24.0 Å². The van der Waals surface area contributed by atoms with E-state index in [9.17, 15) is 13.6 Å². The van der Waals surface area contributed by atoms with Crippen molar-refractivity contribution in [3.8, 4) is 11.5 Å². The van der Waals surface area contributed by atoms with Crippen molar-refractivity contribution in [3.63, 3.8) is 0 Å². The number of oxazole rings is 1. The Morgan fingerprint density at radius 3 is 2.47 bits per heavy atom. The van der Waals surface area contributed by atoms with Crippen LogP contribution in [0.3, 0.4) is 0 Å². The van der Waals surface area contributed by atoms with Crippen LogP contribution in [0, 0.1) is 11.6 Å². The third-order valence-electron chi connectivity index (χ3n) is 5.98. The molecule has 1 heterocycles. The maximum absolute atomic E-state index is 13.7. The molecule has 38 heavy (non-hydrogen) atoms. The fourth-order valence-electron chi connectivity index (χ4n) is 4.08. The highest BCUT2D eigenvalue weighted by atomic mass is 35.5. The van der Waals surface area contributed by atoms with Gasteiger partial charge in [-0.1, -0.05) is 37.3 Å². The lowest BCUT2D eigenvalue weighted by molar-refractivity contribution is 0.0238. The summed E-state index contributed by atoms with van der Waals surface area (Å²) in [7, 11) is 0. The fraction of sp³-hybridized carbons (Fsp3) is 0.241. The quantitative estimate of drug-likeness (QED) is 0.244. The van der Waals surface area contributed by atoms with Crippen LogP contribution in [0.5, 0.6) is 0 Å². The Bertz CT molecular complexity index is 1310. The minimum atomic E-state index is -0.765. The molecule has 0 aliphatic rings. The Morgan fingerprint density at radius 1 is 1.03 bits per heavy atom. The number of nitrogens with one attached hydrogen (secondary N) is 1. The summed E-state index contributed by atoms with van der Waals surface area (Å²) in [5.41, 5.74) is 10.0. The van der Waals surface area contributed by atoms with Gasteiger partial charge in [-0.3, -0.25) is 0 Å². The first-order valence-electron chi connectivity index (χ1n) is 12.1. The van der Waals surface area contributed by atoms with Gasteiger partial charge in [0.05, 0.1) is 11.8 Å².